The van der Waals surface area contributed by atoms with Gasteiger partial charge in [-0.2, -0.15) is 0 Å². The number of aliphatic carboxylic acids is 1. The number of carbonyl (C=O) groups excluding carboxylic acids is 6. The average molecular weight is 1630 g/mol. The van der Waals surface area contributed by atoms with Gasteiger partial charge in [-0.3, -0.25) is 43.5 Å². The van der Waals surface area contributed by atoms with Crippen molar-refractivity contribution >= 4 is 89.7 Å². The van der Waals surface area contributed by atoms with Crippen molar-refractivity contribution in [2.24, 2.45) is 35.5 Å². The Morgan fingerprint density at radius 1 is 0.521 bits per heavy atom. The Balaban J connectivity index is 0.000000228. The van der Waals surface area contributed by atoms with Crippen LogP contribution < -0.4 is 57.6 Å². The number of rotatable bonds is 12. The van der Waals surface area contributed by atoms with E-state index < -0.39 is 29.7 Å². The van der Waals surface area contributed by atoms with Gasteiger partial charge in [-0.25, -0.2) is 19.4 Å². The number of esters is 3. The maximum atomic E-state index is 13.6. The number of nitrogens with zero attached hydrogens (tertiary/aromatic N) is 5. The molecule has 117 heavy (non-hydrogen) atoms. The Morgan fingerprint density at radius 3 is 1.21 bits per heavy atom. The summed E-state index contributed by atoms with van der Waals surface area (Å²) in [6.07, 6.45) is 49.2. The standard InChI is InChI=1S/C28H37N3O3.C23H35N3.C17H27NO.C7H10O5.C6H8N2.C3H4.C2H6BO2.C2H4O2.C2H6.CH2O2.Na/c1-2-34-28(33)26-27(32)31(25-12-4-3-11-24(25)29-26)23-16-20-9-6-10-21(17-23)30(20)22-14-18-7-5-8-19(13-18)15-22;24-22-9-1-2-10-23(22)25-18-14-19-7-4-8-20(15-18)26(19)21-12-16-5-3-6-17(11-16)13-21;19-17-10-14-5-2-6-15(11-17)18(14)16-8-12-3-1-4-13(7-12)9-16;1-3-11-6(9)5(8)7(10)12-4-2;7-5-3-1-2-4-6(5)8;1-3-2;1-2(4)5-3;1-2(3)4;1-2;2-1-3;/h3-4,11-12,18-23H,2,5-10,13-17H2,1H3;1-2,9-10,16-21,25H,3-8,11-15,24H2;12-16H,1-11H2;3-4H2,1-2H3;1-4H,7-8H2;1H,2H3;1,3H3;1H3,(H,3,4);1-2H3;1H,(H,2,3);/q;;;;;;-1;;;;+1/t18?,19?,20-,21+,22?,23?;16?,17?,18?,19-,20+,21?;;;;;;;;;. The number of nitrogens with one attached hydrogen (secondary N) is 1. The van der Waals surface area contributed by atoms with Crippen LogP contribution in [0.2, 0.25) is 0 Å². The van der Waals surface area contributed by atoms with E-state index in [1.807, 2.05) is 66.9 Å². The zero-order valence-electron chi connectivity index (χ0n) is 71.0. The minimum Gasteiger partial charge on any atom is -0.697 e. The molecule has 12 aliphatic rings. The molecular weight excluding hydrogens is 1490 g/mol. The molecule has 6 aliphatic heterocycles. The van der Waals surface area contributed by atoms with E-state index in [1.54, 1.807) is 26.0 Å². The number of carboxylic acid groups (broad SMARTS) is 2. The predicted octanol–water partition coefficient (Wildman–Crippen LogP) is 11.5. The van der Waals surface area contributed by atoms with Crippen molar-refractivity contribution in [3.8, 4) is 12.3 Å². The van der Waals surface area contributed by atoms with Crippen molar-refractivity contribution in [2.45, 2.75) is 334 Å². The number of nitrogen functional groups attached to an aromatic ring is 3. The first-order valence-electron chi connectivity index (χ1n) is 43.3. The van der Waals surface area contributed by atoms with Crippen LogP contribution in [0.1, 0.15) is 284 Å². The van der Waals surface area contributed by atoms with E-state index in [0.717, 1.165) is 115 Å². The van der Waals surface area contributed by atoms with Gasteiger partial charge in [0.2, 0.25) is 5.69 Å². The number of hydrogen-bond acceptors (Lipinski definition) is 21. The van der Waals surface area contributed by atoms with Crippen LogP contribution >= 0.6 is 0 Å². The van der Waals surface area contributed by atoms with Gasteiger partial charge >= 0.3 is 53.2 Å². The second kappa shape index (κ2) is 51.3. The number of benzene rings is 3. The third-order valence-corrected chi connectivity index (χ3v) is 25.3. The van der Waals surface area contributed by atoms with Crippen LogP contribution in [0.15, 0.2) is 77.6 Å². The smallest absolute Gasteiger partial charge is 0.697 e. The number of ketones is 2. The number of anilines is 4. The van der Waals surface area contributed by atoms with Gasteiger partial charge < -0.3 is 56.2 Å². The fourth-order valence-electron chi connectivity index (χ4n) is 21.6. The molecule has 12 bridgehead atoms. The molecule has 6 saturated carbocycles. The molecule has 24 nitrogen and oxygen atoms in total. The molecule has 26 heteroatoms. The molecule has 1 aromatic heterocycles. The number of aromatic nitrogens is 2. The molecule has 7 heterocycles. The second-order valence-electron chi connectivity index (χ2n) is 33.2. The van der Waals surface area contributed by atoms with Gasteiger partial charge in [0.15, 0.2) is 0 Å². The summed E-state index contributed by atoms with van der Waals surface area (Å²) in [5.74, 6) is 3.55. The number of carbonyl (C=O) groups is 8. The Morgan fingerprint density at radius 2 is 0.846 bits per heavy atom. The molecule has 3 aromatic carbocycles. The fourth-order valence-corrected chi connectivity index (χ4v) is 21.6. The summed E-state index contributed by atoms with van der Waals surface area (Å²) in [5, 5.41) is 18.1. The molecular formula is C91H139BN9NaO15. The van der Waals surface area contributed by atoms with Crippen LogP contribution in [0.3, 0.4) is 0 Å². The zero-order valence-corrected chi connectivity index (χ0v) is 73.0. The van der Waals surface area contributed by atoms with E-state index in [2.05, 4.69) is 63.6 Å². The molecule has 642 valence electrons. The first-order chi connectivity index (χ1) is 55.9. The predicted molar refractivity (Wildman–Crippen MR) is 460 cm³/mol. The number of para-hydroxylation sites is 6. The third kappa shape index (κ3) is 29.5. The van der Waals surface area contributed by atoms with Gasteiger partial charge in [-0.05, 0) is 222 Å². The van der Waals surface area contributed by atoms with Crippen LogP contribution in [0, 0.1) is 47.9 Å². The molecule has 10 unspecified atom stereocenters. The summed E-state index contributed by atoms with van der Waals surface area (Å²) in [7, 11) is -0.137. The van der Waals surface area contributed by atoms with Gasteiger partial charge in [0.05, 0.1) is 53.6 Å². The van der Waals surface area contributed by atoms with E-state index in [-0.39, 0.29) is 87.2 Å². The van der Waals surface area contributed by atoms with Gasteiger partial charge in [0.1, 0.15) is 13.8 Å². The SMILES string of the molecule is C#CC.CC.CC(=O)O.CCOC(=O)C(=O)C(=O)OCC.CCOC(=O)c1nc2ccccc2n(C2C[C@H]3CCC[C@@H](C2)N3C2CC3CCCC(C3)C2)c1=O.Nc1ccccc1N.Nc1ccccc1NC1C[C@H]2CCC[C@@H](C1)N2C1CC2CCCC(C2)C1.O=C1CC2CCCC(C1)N2C1CC2CCCC(C2)C1.O=CO.[BH3-]OC(C)=O.[Na+]. The molecule has 6 saturated heterocycles. The van der Waals surface area contributed by atoms with Gasteiger partial charge in [0, 0.05) is 93.1 Å². The molecule has 6 aliphatic carbocycles. The Labute approximate surface area is 719 Å². The summed E-state index contributed by atoms with van der Waals surface area (Å²) >= 11 is 0. The first kappa shape index (κ1) is 98.5. The van der Waals surface area contributed by atoms with Crippen molar-refractivity contribution in [3.63, 3.8) is 0 Å². The third-order valence-electron chi connectivity index (χ3n) is 25.3. The number of fused-ring (bicyclic) bond motifs is 13. The van der Waals surface area contributed by atoms with E-state index in [0.29, 0.717) is 52.9 Å². The number of nitrogens with two attached hydrogens (primary N) is 3. The molecule has 4 aromatic rings. The Kier molecular flexibility index (Phi) is 43.2. The van der Waals surface area contributed by atoms with Crippen LogP contribution in [0.4, 0.5) is 22.7 Å². The maximum absolute atomic E-state index is 13.6. The maximum Gasteiger partial charge on any atom is 1.00 e. The van der Waals surface area contributed by atoms with Crippen molar-refractivity contribution < 1.29 is 97.0 Å². The van der Waals surface area contributed by atoms with Crippen molar-refractivity contribution in [1.82, 2.24) is 24.3 Å². The summed E-state index contributed by atoms with van der Waals surface area (Å²) in [4.78, 5) is 110. The topological polar surface area (TPSA) is 349 Å². The fraction of sp³-hybridized carbons (Fsp3) is 0.670. The van der Waals surface area contributed by atoms with E-state index >= 15 is 0 Å². The second-order valence-corrected chi connectivity index (χ2v) is 33.2. The summed E-state index contributed by atoms with van der Waals surface area (Å²) in [6.45, 7) is 13.1. The molecule has 16 rings (SSSR count). The quantitative estimate of drug-likeness (QED) is 0.0112. The average Bonchev–Trinajstić information content (AvgIpc) is 0.746. The van der Waals surface area contributed by atoms with Crippen LogP contribution in [-0.4, -0.2) is 171 Å². The normalized spacial score (nSPS) is 28.6. The number of terminal acetylenes is 1. The van der Waals surface area contributed by atoms with Crippen LogP contribution in [-0.2, 0) is 52.4 Å². The van der Waals surface area contributed by atoms with Crippen LogP contribution in [0.5, 0.6) is 0 Å². The summed E-state index contributed by atoms with van der Waals surface area (Å²) in [6, 6.07) is 30.3. The van der Waals surface area contributed by atoms with E-state index in [4.69, 9.17) is 41.7 Å². The molecule has 0 amide bonds. The Hall–Kier alpha value is -7.34. The molecule has 14 atom stereocenters. The van der Waals surface area contributed by atoms with E-state index in [1.165, 1.54) is 207 Å². The van der Waals surface area contributed by atoms with Gasteiger partial charge in [-0.1, -0.05) is 127 Å². The molecule has 0 radical (unpaired) electrons. The van der Waals surface area contributed by atoms with Gasteiger partial charge in [0.25, 0.3) is 24.0 Å². The summed E-state index contributed by atoms with van der Waals surface area (Å²) < 4.78 is 20.0. The Bertz CT molecular complexity index is 3760. The number of carboxylic acids is 1. The van der Waals surface area contributed by atoms with E-state index in [9.17, 15) is 33.6 Å². The zero-order chi connectivity index (χ0) is 84.4. The van der Waals surface area contributed by atoms with Crippen molar-refractivity contribution in [1.29, 1.82) is 0 Å². The van der Waals surface area contributed by atoms with Crippen molar-refractivity contribution in [2.75, 3.05) is 42.3 Å². The molecule has 12 fully saturated rings. The number of hydrogen-bond donors (Lipinski definition) is 6. The monoisotopic (exact) mass is 1630 g/mol. The number of piperidine rings is 6. The number of Topliss-reactive ketones (excluding diaryl/α,β-unsaturated/α-hetero) is 2. The van der Waals surface area contributed by atoms with Crippen molar-refractivity contribution in [3.05, 3.63) is 88.8 Å². The largest absolute Gasteiger partial charge is 1.00 e. The molecule has 9 N–H and O–H groups in total. The summed E-state index contributed by atoms with van der Waals surface area (Å²) in [5.41, 5.74) is 21.4. The number of ether oxygens (including phenoxy) is 3. The minimum atomic E-state index is -1.27. The first-order valence-corrected chi connectivity index (χ1v) is 43.3. The van der Waals surface area contributed by atoms with Gasteiger partial charge in [-0.15, -0.1) is 12.3 Å². The van der Waals surface area contributed by atoms with Crippen LogP contribution in [0.25, 0.3) is 11.0 Å². The minimum absolute atomic E-state index is 0. The molecule has 0 spiro atoms.